The lowest BCUT2D eigenvalue weighted by Crippen LogP contribution is -2.22. The summed E-state index contributed by atoms with van der Waals surface area (Å²) in [5.74, 6) is 0.816. The van der Waals surface area contributed by atoms with E-state index >= 15 is 0 Å². The van der Waals surface area contributed by atoms with Crippen LogP contribution in [0.15, 0.2) is 18.2 Å². The summed E-state index contributed by atoms with van der Waals surface area (Å²) in [6, 6.07) is 4.64. The van der Waals surface area contributed by atoms with Crippen molar-refractivity contribution in [3.8, 4) is 5.75 Å². The highest BCUT2D eigenvalue weighted by atomic mass is 19.1. The molecule has 1 aromatic carbocycles. The van der Waals surface area contributed by atoms with Crippen LogP contribution >= 0.6 is 0 Å². The first kappa shape index (κ1) is 16.2. The Morgan fingerprint density at radius 2 is 2.10 bits per heavy atom. The van der Waals surface area contributed by atoms with Gasteiger partial charge >= 0.3 is 0 Å². The van der Waals surface area contributed by atoms with Crippen LogP contribution in [0.25, 0.3) is 0 Å². The van der Waals surface area contributed by atoms with Crippen LogP contribution in [0.5, 0.6) is 5.75 Å². The maximum Gasteiger partial charge on any atom is 0.127 e. The lowest BCUT2D eigenvalue weighted by atomic mass is 10.0. The van der Waals surface area contributed by atoms with E-state index in [1.807, 2.05) is 14.0 Å². The van der Waals surface area contributed by atoms with Crippen molar-refractivity contribution in [3.63, 3.8) is 0 Å². The molecule has 4 heteroatoms. The highest BCUT2D eigenvalue weighted by Crippen LogP contribution is 2.29. The zero-order chi connectivity index (χ0) is 15.2. The molecule has 0 saturated heterocycles. The van der Waals surface area contributed by atoms with E-state index in [1.165, 1.54) is 37.8 Å². The van der Waals surface area contributed by atoms with Crippen molar-refractivity contribution in [1.29, 1.82) is 0 Å². The summed E-state index contributed by atoms with van der Waals surface area (Å²) in [4.78, 5) is 0. The van der Waals surface area contributed by atoms with Crippen LogP contribution in [-0.2, 0) is 0 Å². The third kappa shape index (κ3) is 4.68. The van der Waals surface area contributed by atoms with Crippen molar-refractivity contribution in [2.24, 2.45) is 5.92 Å². The Kier molecular flexibility index (Phi) is 6.00. The van der Waals surface area contributed by atoms with Crippen molar-refractivity contribution in [3.05, 3.63) is 29.6 Å². The zero-order valence-electron chi connectivity index (χ0n) is 12.9. The molecule has 118 valence electrons. The second kappa shape index (κ2) is 7.76. The predicted octanol–water partition coefficient (Wildman–Crippen LogP) is 3.43. The zero-order valence-corrected chi connectivity index (χ0v) is 12.9. The third-order valence-corrected chi connectivity index (χ3v) is 4.39. The van der Waals surface area contributed by atoms with Gasteiger partial charge in [0.1, 0.15) is 18.2 Å². The van der Waals surface area contributed by atoms with E-state index in [4.69, 9.17) is 4.74 Å². The molecule has 0 radical (unpaired) electrons. The lowest BCUT2D eigenvalue weighted by molar-refractivity contribution is 0.0847. The first-order valence-electron chi connectivity index (χ1n) is 7.87. The molecule has 0 amide bonds. The topological polar surface area (TPSA) is 41.5 Å². The van der Waals surface area contributed by atoms with Gasteiger partial charge in [0, 0.05) is 17.7 Å². The monoisotopic (exact) mass is 295 g/mol. The first-order chi connectivity index (χ1) is 10.1. The molecule has 0 spiro atoms. The molecule has 2 atom stereocenters. The fraction of sp³-hybridized carbons (Fsp3) is 0.647. The van der Waals surface area contributed by atoms with Gasteiger partial charge in [0.05, 0.1) is 6.10 Å². The Morgan fingerprint density at radius 3 is 2.76 bits per heavy atom. The van der Waals surface area contributed by atoms with Crippen LogP contribution in [0, 0.1) is 11.7 Å². The molecule has 2 N–H and O–H groups in total. The summed E-state index contributed by atoms with van der Waals surface area (Å²) < 4.78 is 19.1. The molecule has 1 saturated carbocycles. The first-order valence-corrected chi connectivity index (χ1v) is 7.87. The molecular weight excluding hydrogens is 269 g/mol. The molecule has 0 bridgehead atoms. The van der Waals surface area contributed by atoms with E-state index in [9.17, 15) is 9.50 Å². The third-order valence-electron chi connectivity index (χ3n) is 4.39. The molecule has 0 aliphatic heterocycles. The molecule has 1 aliphatic carbocycles. The number of benzene rings is 1. The second-order valence-electron chi connectivity index (χ2n) is 6.04. The van der Waals surface area contributed by atoms with Gasteiger partial charge in [-0.15, -0.1) is 0 Å². The van der Waals surface area contributed by atoms with E-state index in [1.54, 1.807) is 6.07 Å². The van der Waals surface area contributed by atoms with Crippen molar-refractivity contribution in [1.82, 2.24) is 5.32 Å². The van der Waals surface area contributed by atoms with Crippen LogP contribution in [0.4, 0.5) is 4.39 Å². The van der Waals surface area contributed by atoms with Gasteiger partial charge in [-0.3, -0.25) is 0 Å². The van der Waals surface area contributed by atoms with E-state index in [0.717, 1.165) is 12.0 Å². The average Bonchev–Trinajstić information content (AvgIpc) is 2.97. The quantitative estimate of drug-likeness (QED) is 0.810. The Bertz CT molecular complexity index is 446. The van der Waals surface area contributed by atoms with Crippen molar-refractivity contribution >= 4 is 0 Å². The van der Waals surface area contributed by atoms with Gasteiger partial charge in [0.25, 0.3) is 0 Å². The van der Waals surface area contributed by atoms with Gasteiger partial charge in [-0.05, 0) is 32.4 Å². The number of halogens is 1. The highest BCUT2D eigenvalue weighted by Gasteiger charge is 2.20. The fourth-order valence-electron chi connectivity index (χ4n) is 3.03. The maximum absolute atomic E-state index is 13.4. The van der Waals surface area contributed by atoms with Crippen molar-refractivity contribution in [2.75, 3.05) is 13.7 Å². The largest absolute Gasteiger partial charge is 0.490 e. The predicted molar refractivity (Wildman–Crippen MR) is 82.0 cm³/mol. The fourth-order valence-corrected chi connectivity index (χ4v) is 3.03. The summed E-state index contributed by atoms with van der Waals surface area (Å²) in [6.45, 7) is 2.22. The number of aliphatic hydroxyl groups excluding tert-OH is 1. The molecular formula is C17H26FNO2. The van der Waals surface area contributed by atoms with Crippen LogP contribution in [0.3, 0.4) is 0 Å². The van der Waals surface area contributed by atoms with Gasteiger partial charge in [-0.1, -0.05) is 31.7 Å². The SMILES string of the molecule is CNC(C)c1ccc(F)cc1OCC(O)CC1CCCC1. The van der Waals surface area contributed by atoms with Crippen molar-refractivity contribution in [2.45, 2.75) is 51.2 Å². The number of rotatable bonds is 7. The van der Waals surface area contributed by atoms with Crippen LogP contribution < -0.4 is 10.1 Å². The average molecular weight is 295 g/mol. The van der Waals surface area contributed by atoms with E-state index in [0.29, 0.717) is 11.7 Å². The standard InChI is InChI=1S/C17H26FNO2/c1-12(19-2)16-8-7-14(18)10-17(16)21-11-15(20)9-13-5-3-4-6-13/h7-8,10,12-13,15,19-20H,3-6,9,11H2,1-2H3. The number of ether oxygens (including phenoxy) is 1. The number of nitrogens with one attached hydrogen (secondary N) is 1. The molecule has 0 heterocycles. The summed E-state index contributed by atoms with van der Waals surface area (Å²) in [5, 5.41) is 13.2. The molecule has 2 unspecified atom stereocenters. The van der Waals surface area contributed by atoms with Crippen LogP contribution in [0.1, 0.15) is 50.6 Å². The minimum atomic E-state index is -0.478. The van der Waals surface area contributed by atoms with Gasteiger partial charge in [-0.2, -0.15) is 0 Å². The molecule has 1 aliphatic rings. The van der Waals surface area contributed by atoms with Crippen LogP contribution in [-0.4, -0.2) is 24.9 Å². The van der Waals surface area contributed by atoms with Crippen molar-refractivity contribution < 1.29 is 14.2 Å². The van der Waals surface area contributed by atoms with E-state index in [-0.39, 0.29) is 18.5 Å². The normalized spacial score (nSPS) is 18.7. The van der Waals surface area contributed by atoms with Gasteiger partial charge in [-0.25, -0.2) is 4.39 Å². The van der Waals surface area contributed by atoms with Gasteiger partial charge in [0.2, 0.25) is 0 Å². The van der Waals surface area contributed by atoms with E-state index < -0.39 is 6.10 Å². The molecule has 3 nitrogen and oxygen atoms in total. The van der Waals surface area contributed by atoms with Gasteiger partial charge < -0.3 is 15.2 Å². The molecule has 2 rings (SSSR count). The molecule has 21 heavy (non-hydrogen) atoms. The number of hydrogen-bond acceptors (Lipinski definition) is 3. The van der Waals surface area contributed by atoms with Crippen LogP contribution in [0.2, 0.25) is 0 Å². The lowest BCUT2D eigenvalue weighted by Gasteiger charge is -2.19. The summed E-state index contributed by atoms with van der Waals surface area (Å²) in [6.07, 6.45) is 5.26. The highest BCUT2D eigenvalue weighted by molar-refractivity contribution is 5.36. The number of hydrogen-bond donors (Lipinski definition) is 2. The Morgan fingerprint density at radius 1 is 1.38 bits per heavy atom. The Labute approximate surface area is 126 Å². The minimum absolute atomic E-state index is 0.0765. The molecule has 0 aromatic heterocycles. The Balaban J connectivity index is 1.93. The summed E-state index contributed by atoms with van der Waals surface area (Å²) in [5.41, 5.74) is 0.909. The molecule has 1 aromatic rings. The second-order valence-corrected chi connectivity index (χ2v) is 6.04. The summed E-state index contributed by atoms with van der Waals surface area (Å²) in [7, 11) is 1.85. The minimum Gasteiger partial charge on any atom is -0.490 e. The maximum atomic E-state index is 13.4. The number of aliphatic hydroxyl groups is 1. The summed E-state index contributed by atoms with van der Waals surface area (Å²) >= 11 is 0. The van der Waals surface area contributed by atoms with Gasteiger partial charge in [0.15, 0.2) is 0 Å². The molecule has 1 fully saturated rings. The smallest absolute Gasteiger partial charge is 0.127 e. The Hall–Kier alpha value is -1.13. The van der Waals surface area contributed by atoms with E-state index in [2.05, 4.69) is 5.32 Å².